The highest BCUT2D eigenvalue weighted by atomic mass is 15.1. The molecule has 47 heavy (non-hydrogen) atoms. The molecule has 0 amide bonds. The molecule has 0 unspecified atom stereocenters. The number of anilines is 3. The lowest BCUT2D eigenvalue weighted by Gasteiger charge is -2.28. The van der Waals surface area contributed by atoms with Gasteiger partial charge < -0.3 is 9.47 Å². The average Bonchev–Trinajstić information content (AvgIpc) is 3.58. The molecule has 2 nitrogen and oxygen atoms in total. The summed E-state index contributed by atoms with van der Waals surface area (Å²) in [5.74, 6) is 0. The molecule has 1 aromatic heterocycles. The van der Waals surface area contributed by atoms with Gasteiger partial charge in [0.05, 0.1) is 11.0 Å². The van der Waals surface area contributed by atoms with Gasteiger partial charge >= 0.3 is 0 Å². The number of fused-ring (bicyclic) bond motifs is 5. The molecule has 0 saturated heterocycles. The zero-order valence-electron chi connectivity index (χ0n) is 26.8. The number of para-hydroxylation sites is 3. The monoisotopic (exact) mass is 604 g/mol. The predicted octanol–water partition coefficient (Wildman–Crippen LogP) is 12.3. The van der Waals surface area contributed by atoms with Crippen molar-refractivity contribution in [2.75, 3.05) is 4.90 Å². The van der Waals surface area contributed by atoms with Crippen LogP contribution in [0.2, 0.25) is 0 Å². The second-order valence-corrected chi connectivity index (χ2v) is 13.3. The quantitative estimate of drug-likeness (QED) is 0.190. The van der Waals surface area contributed by atoms with E-state index in [-0.39, 0.29) is 5.41 Å². The molecular formula is C45H36N2. The molecule has 2 aliphatic rings. The lowest BCUT2D eigenvalue weighted by atomic mass is 9.80. The van der Waals surface area contributed by atoms with E-state index < -0.39 is 0 Å². The Morgan fingerprint density at radius 1 is 0.574 bits per heavy atom. The molecule has 226 valence electrons. The molecule has 0 saturated carbocycles. The minimum absolute atomic E-state index is 0.00476. The smallest absolute Gasteiger partial charge is 0.0541 e. The molecule has 0 spiro atoms. The van der Waals surface area contributed by atoms with Crippen LogP contribution in [0.1, 0.15) is 37.8 Å². The van der Waals surface area contributed by atoms with E-state index in [1.807, 2.05) is 0 Å². The maximum absolute atomic E-state index is 2.43. The molecular weight excluding hydrogens is 569 g/mol. The molecule has 7 aromatic rings. The molecule has 9 rings (SSSR count). The van der Waals surface area contributed by atoms with Crippen molar-refractivity contribution < 1.29 is 0 Å². The molecule has 0 N–H and O–H groups in total. The largest absolute Gasteiger partial charge is 0.310 e. The summed E-state index contributed by atoms with van der Waals surface area (Å²) in [7, 11) is 0. The fourth-order valence-corrected chi connectivity index (χ4v) is 7.96. The summed E-state index contributed by atoms with van der Waals surface area (Å²) in [5, 5.41) is 2.57. The Hall–Kier alpha value is -5.60. The van der Waals surface area contributed by atoms with Gasteiger partial charge in [0.15, 0.2) is 0 Å². The fourth-order valence-electron chi connectivity index (χ4n) is 7.96. The van der Waals surface area contributed by atoms with Crippen molar-refractivity contribution in [1.29, 1.82) is 0 Å². The summed E-state index contributed by atoms with van der Waals surface area (Å²) in [5.41, 5.74) is 15.4. The van der Waals surface area contributed by atoms with Crippen molar-refractivity contribution in [2.24, 2.45) is 0 Å². The number of nitrogens with zero attached hydrogens (tertiary/aromatic N) is 2. The summed E-state index contributed by atoms with van der Waals surface area (Å²) in [6.45, 7) is 4.75. The first kappa shape index (κ1) is 27.7. The molecule has 2 heteroatoms. The van der Waals surface area contributed by atoms with Crippen LogP contribution in [0.4, 0.5) is 17.1 Å². The normalized spacial score (nSPS) is 14.9. The number of allylic oxidation sites excluding steroid dienone is 4. The molecule has 0 bridgehead atoms. The fraction of sp³-hybridized carbons (Fsp3) is 0.111. The molecule has 0 radical (unpaired) electrons. The van der Waals surface area contributed by atoms with Gasteiger partial charge in [0.25, 0.3) is 0 Å². The van der Waals surface area contributed by atoms with E-state index in [2.05, 4.69) is 181 Å². The van der Waals surface area contributed by atoms with E-state index >= 15 is 0 Å². The number of aromatic nitrogens is 1. The van der Waals surface area contributed by atoms with Gasteiger partial charge in [-0.3, -0.25) is 0 Å². The van der Waals surface area contributed by atoms with Gasteiger partial charge in [-0.05, 0) is 107 Å². The van der Waals surface area contributed by atoms with Crippen molar-refractivity contribution >= 4 is 44.4 Å². The van der Waals surface area contributed by atoms with E-state index in [9.17, 15) is 0 Å². The standard InChI is InChI=1S/C45H36N2/c1-45(2)41-17-9-6-14-37(41)38-29-28-36(30-42(38)45)46(33-12-4-3-5-13-33)34-24-20-31(21-25-34)32-22-26-35(27-23-32)47-43-18-10-7-15-39(43)40-16-8-11-19-44(40)47/h3-5,7-13,15-30H,6,14H2,1-2H3. The van der Waals surface area contributed by atoms with Crippen molar-refractivity contribution in [3.05, 3.63) is 174 Å². The van der Waals surface area contributed by atoms with E-state index in [4.69, 9.17) is 0 Å². The Bertz CT molecular complexity index is 2300. The van der Waals surface area contributed by atoms with Crippen LogP contribution in [-0.4, -0.2) is 4.57 Å². The number of rotatable bonds is 5. The summed E-state index contributed by atoms with van der Waals surface area (Å²) < 4.78 is 2.37. The van der Waals surface area contributed by atoms with E-state index in [0.29, 0.717) is 0 Å². The third-order valence-corrected chi connectivity index (χ3v) is 10.3. The zero-order chi connectivity index (χ0) is 31.5. The third kappa shape index (κ3) is 4.40. The maximum Gasteiger partial charge on any atom is 0.0541 e. The minimum Gasteiger partial charge on any atom is -0.310 e. The second-order valence-electron chi connectivity index (χ2n) is 13.3. The lowest BCUT2D eigenvalue weighted by molar-refractivity contribution is 0.651. The second kappa shape index (κ2) is 10.7. The van der Waals surface area contributed by atoms with Gasteiger partial charge in [0.1, 0.15) is 0 Å². The first-order valence-corrected chi connectivity index (χ1v) is 16.7. The van der Waals surface area contributed by atoms with Crippen LogP contribution >= 0.6 is 0 Å². The minimum atomic E-state index is -0.00476. The summed E-state index contributed by atoms with van der Waals surface area (Å²) in [6.07, 6.45) is 6.96. The third-order valence-electron chi connectivity index (χ3n) is 10.3. The van der Waals surface area contributed by atoms with Crippen LogP contribution in [-0.2, 0) is 5.41 Å². The highest BCUT2D eigenvalue weighted by Gasteiger charge is 2.37. The number of hydrogen-bond donors (Lipinski definition) is 0. The lowest BCUT2D eigenvalue weighted by Crippen LogP contribution is -2.18. The average molecular weight is 605 g/mol. The molecule has 2 aliphatic carbocycles. The van der Waals surface area contributed by atoms with E-state index in [1.165, 1.54) is 66.6 Å². The first-order chi connectivity index (χ1) is 23.1. The summed E-state index contributed by atoms with van der Waals surface area (Å²) >= 11 is 0. The van der Waals surface area contributed by atoms with Gasteiger partial charge in [-0.25, -0.2) is 0 Å². The van der Waals surface area contributed by atoms with Crippen LogP contribution in [0.15, 0.2) is 163 Å². The van der Waals surface area contributed by atoms with E-state index in [1.54, 1.807) is 0 Å². The molecule has 0 aliphatic heterocycles. The van der Waals surface area contributed by atoms with Gasteiger partial charge in [-0.2, -0.15) is 0 Å². The highest BCUT2D eigenvalue weighted by Crippen LogP contribution is 2.51. The number of hydrogen-bond acceptors (Lipinski definition) is 1. The van der Waals surface area contributed by atoms with Crippen LogP contribution in [0.25, 0.3) is 44.2 Å². The SMILES string of the molecule is CC1(C)C2=C(CCC=C2)c2ccc(N(c3ccccc3)c3ccc(-c4ccc(-n5c6ccccc6c6ccccc65)cc4)cc3)cc21. The molecule has 6 aromatic carbocycles. The van der Waals surface area contributed by atoms with Gasteiger partial charge in [0, 0.05) is 38.9 Å². The zero-order valence-corrected chi connectivity index (χ0v) is 26.8. The molecule has 1 heterocycles. The van der Waals surface area contributed by atoms with Crippen LogP contribution in [0.3, 0.4) is 0 Å². The Labute approximate surface area is 276 Å². The van der Waals surface area contributed by atoms with Crippen molar-refractivity contribution in [1.82, 2.24) is 4.57 Å². The van der Waals surface area contributed by atoms with Crippen molar-refractivity contribution in [2.45, 2.75) is 32.1 Å². The van der Waals surface area contributed by atoms with Gasteiger partial charge in [-0.15, -0.1) is 0 Å². The predicted molar refractivity (Wildman–Crippen MR) is 199 cm³/mol. The Morgan fingerprint density at radius 2 is 1.15 bits per heavy atom. The summed E-state index contributed by atoms with van der Waals surface area (Å²) in [6, 6.07) is 53.2. The highest BCUT2D eigenvalue weighted by molar-refractivity contribution is 6.09. The summed E-state index contributed by atoms with van der Waals surface area (Å²) in [4.78, 5) is 2.39. The van der Waals surface area contributed by atoms with Gasteiger partial charge in [0.2, 0.25) is 0 Å². The van der Waals surface area contributed by atoms with E-state index in [0.717, 1.165) is 24.2 Å². The Balaban J connectivity index is 1.07. The van der Waals surface area contributed by atoms with Gasteiger partial charge in [-0.1, -0.05) is 111 Å². The maximum atomic E-state index is 2.43. The number of benzene rings is 6. The molecule has 0 fully saturated rings. The topological polar surface area (TPSA) is 8.17 Å². The van der Waals surface area contributed by atoms with Crippen molar-refractivity contribution in [3.63, 3.8) is 0 Å². The van der Waals surface area contributed by atoms with Crippen LogP contribution < -0.4 is 4.90 Å². The van der Waals surface area contributed by atoms with Crippen LogP contribution in [0.5, 0.6) is 0 Å². The Morgan fingerprint density at radius 3 is 1.83 bits per heavy atom. The van der Waals surface area contributed by atoms with Crippen molar-refractivity contribution in [3.8, 4) is 16.8 Å². The first-order valence-electron chi connectivity index (χ1n) is 16.7. The molecule has 0 atom stereocenters. The van der Waals surface area contributed by atoms with Crippen LogP contribution in [0, 0.1) is 0 Å². The Kier molecular flexibility index (Phi) is 6.33.